The average Bonchev–Trinajstić information content (AvgIpc) is 2.81. The maximum absolute atomic E-state index is 10.1. The second kappa shape index (κ2) is 6.07. The van der Waals surface area contributed by atoms with Gasteiger partial charge in [-0.05, 0) is 26.5 Å². The van der Waals surface area contributed by atoms with Crippen molar-refractivity contribution in [3.05, 3.63) is 16.3 Å². The van der Waals surface area contributed by atoms with E-state index in [1.54, 1.807) is 7.05 Å². The summed E-state index contributed by atoms with van der Waals surface area (Å²) in [5.74, 6) is 1.13. The average molecular weight is 337 g/mol. The minimum absolute atomic E-state index is 0.100. The number of halogens is 1. The highest BCUT2D eigenvalue weighted by molar-refractivity contribution is 6.33. The standard InChI is InChI=1S/C15H21ClN6O/c1-7-11-13(17-3)20-15(19-9-5-22(4)6-10(9)23)21-14(11)18-8(2)12(7)16/h9-10,23H,5-6H2,1-4H3,(H2,17,18,19,20,21). The van der Waals surface area contributed by atoms with Crippen molar-refractivity contribution in [3.63, 3.8) is 0 Å². The van der Waals surface area contributed by atoms with E-state index in [1.165, 1.54) is 0 Å². The molecule has 124 valence electrons. The van der Waals surface area contributed by atoms with Crippen molar-refractivity contribution >= 4 is 34.4 Å². The van der Waals surface area contributed by atoms with Gasteiger partial charge < -0.3 is 20.6 Å². The van der Waals surface area contributed by atoms with E-state index in [2.05, 4.69) is 30.5 Å². The first-order valence-corrected chi connectivity index (χ1v) is 7.93. The van der Waals surface area contributed by atoms with Crippen LogP contribution >= 0.6 is 11.6 Å². The Morgan fingerprint density at radius 1 is 1.22 bits per heavy atom. The normalized spacial score (nSPS) is 21.8. The summed E-state index contributed by atoms with van der Waals surface area (Å²) in [6, 6.07) is -0.100. The Labute approximate surface area is 140 Å². The Morgan fingerprint density at radius 3 is 2.57 bits per heavy atom. The van der Waals surface area contributed by atoms with Crippen LogP contribution in [0.1, 0.15) is 11.3 Å². The number of fused-ring (bicyclic) bond motifs is 1. The van der Waals surface area contributed by atoms with E-state index < -0.39 is 6.10 Å². The van der Waals surface area contributed by atoms with Crippen LogP contribution in [0.3, 0.4) is 0 Å². The van der Waals surface area contributed by atoms with Crippen molar-refractivity contribution in [2.75, 3.05) is 37.8 Å². The van der Waals surface area contributed by atoms with Gasteiger partial charge in [0.2, 0.25) is 5.95 Å². The fraction of sp³-hybridized carbons (Fsp3) is 0.533. The molecule has 0 amide bonds. The molecule has 2 aromatic heterocycles. The molecular formula is C15H21ClN6O. The number of pyridine rings is 1. The molecular weight excluding hydrogens is 316 g/mol. The van der Waals surface area contributed by atoms with E-state index in [0.717, 1.165) is 23.2 Å². The van der Waals surface area contributed by atoms with E-state index in [9.17, 15) is 5.11 Å². The number of rotatable bonds is 3. The minimum Gasteiger partial charge on any atom is -0.390 e. The first kappa shape index (κ1) is 16.2. The number of anilines is 2. The van der Waals surface area contributed by atoms with Gasteiger partial charge in [-0.2, -0.15) is 9.97 Å². The van der Waals surface area contributed by atoms with Crippen molar-refractivity contribution in [1.29, 1.82) is 0 Å². The van der Waals surface area contributed by atoms with Crippen LogP contribution in [0.5, 0.6) is 0 Å². The molecule has 0 bridgehead atoms. The lowest BCUT2D eigenvalue weighted by atomic mass is 10.1. The van der Waals surface area contributed by atoms with Crippen molar-refractivity contribution < 1.29 is 5.11 Å². The number of aromatic nitrogens is 3. The van der Waals surface area contributed by atoms with Gasteiger partial charge in [0.05, 0.1) is 28.2 Å². The molecule has 8 heteroatoms. The van der Waals surface area contributed by atoms with E-state index in [0.29, 0.717) is 29.0 Å². The SMILES string of the molecule is CNc1nc(NC2CN(C)CC2O)nc2nc(C)c(Cl)c(C)c12. The highest BCUT2D eigenvalue weighted by Gasteiger charge is 2.29. The number of likely N-dealkylation sites (tertiary alicyclic amines) is 1. The Bertz CT molecular complexity index is 753. The van der Waals surface area contributed by atoms with Crippen LogP contribution in [0.15, 0.2) is 0 Å². The van der Waals surface area contributed by atoms with Gasteiger partial charge in [0, 0.05) is 20.1 Å². The summed E-state index contributed by atoms with van der Waals surface area (Å²) in [6.07, 6.45) is -0.445. The molecule has 2 unspecified atom stereocenters. The van der Waals surface area contributed by atoms with Crippen LogP contribution < -0.4 is 10.6 Å². The van der Waals surface area contributed by atoms with Crippen LogP contribution in [-0.2, 0) is 0 Å². The second-order valence-corrected chi connectivity index (χ2v) is 6.40. The summed E-state index contributed by atoms with van der Waals surface area (Å²) in [5, 5.41) is 17.8. The van der Waals surface area contributed by atoms with Crippen LogP contribution in [0.25, 0.3) is 11.0 Å². The lowest BCUT2D eigenvalue weighted by molar-refractivity contribution is 0.174. The highest BCUT2D eigenvalue weighted by atomic mass is 35.5. The summed E-state index contributed by atoms with van der Waals surface area (Å²) in [6.45, 7) is 5.17. The van der Waals surface area contributed by atoms with Crippen LogP contribution in [-0.4, -0.2) is 64.3 Å². The number of β-amino-alcohol motifs (C(OH)–C–C–N with tert-alkyl or cyclic N) is 1. The predicted octanol–water partition coefficient (Wildman–Crippen LogP) is 1.42. The number of likely N-dealkylation sites (N-methyl/N-ethyl adjacent to an activating group) is 1. The first-order chi connectivity index (χ1) is 10.9. The number of aliphatic hydroxyl groups is 1. The molecule has 2 aromatic rings. The maximum atomic E-state index is 10.1. The molecule has 1 fully saturated rings. The second-order valence-electron chi connectivity index (χ2n) is 6.02. The maximum Gasteiger partial charge on any atom is 0.227 e. The van der Waals surface area contributed by atoms with Gasteiger partial charge in [0.1, 0.15) is 5.82 Å². The van der Waals surface area contributed by atoms with E-state index >= 15 is 0 Å². The Hall–Kier alpha value is -1.70. The monoisotopic (exact) mass is 336 g/mol. The molecule has 1 saturated heterocycles. The quantitative estimate of drug-likeness (QED) is 0.781. The number of hydrogen-bond donors (Lipinski definition) is 3. The lowest BCUT2D eigenvalue weighted by Crippen LogP contribution is -2.32. The van der Waals surface area contributed by atoms with Crippen molar-refractivity contribution in [3.8, 4) is 0 Å². The molecule has 3 heterocycles. The van der Waals surface area contributed by atoms with Crippen molar-refractivity contribution in [2.45, 2.75) is 26.0 Å². The van der Waals surface area contributed by atoms with Gasteiger partial charge >= 0.3 is 0 Å². The molecule has 2 atom stereocenters. The minimum atomic E-state index is -0.445. The van der Waals surface area contributed by atoms with E-state index in [4.69, 9.17) is 11.6 Å². The first-order valence-electron chi connectivity index (χ1n) is 7.56. The predicted molar refractivity (Wildman–Crippen MR) is 92.3 cm³/mol. The Morgan fingerprint density at radius 2 is 1.96 bits per heavy atom. The zero-order valence-corrected chi connectivity index (χ0v) is 14.4. The number of aliphatic hydroxyl groups excluding tert-OH is 1. The summed E-state index contributed by atoms with van der Waals surface area (Å²) >= 11 is 6.30. The highest BCUT2D eigenvalue weighted by Crippen LogP contribution is 2.30. The van der Waals surface area contributed by atoms with Crippen LogP contribution in [0.4, 0.5) is 11.8 Å². The van der Waals surface area contributed by atoms with E-state index in [-0.39, 0.29) is 6.04 Å². The van der Waals surface area contributed by atoms with Gasteiger partial charge in [0.15, 0.2) is 5.65 Å². The Kier molecular flexibility index (Phi) is 4.27. The molecule has 7 nitrogen and oxygen atoms in total. The fourth-order valence-electron chi connectivity index (χ4n) is 3.00. The number of nitrogens with one attached hydrogen (secondary N) is 2. The molecule has 0 saturated carbocycles. The number of aryl methyl sites for hydroxylation is 2. The summed E-state index contributed by atoms with van der Waals surface area (Å²) in [7, 11) is 3.78. The molecule has 1 aliphatic heterocycles. The molecule has 3 N–H and O–H groups in total. The molecule has 0 spiro atoms. The molecule has 0 radical (unpaired) electrons. The summed E-state index contributed by atoms with van der Waals surface area (Å²) in [4.78, 5) is 15.6. The third-order valence-electron chi connectivity index (χ3n) is 4.21. The van der Waals surface area contributed by atoms with Crippen molar-refractivity contribution in [1.82, 2.24) is 19.9 Å². The van der Waals surface area contributed by atoms with Crippen LogP contribution in [0, 0.1) is 13.8 Å². The van der Waals surface area contributed by atoms with Gasteiger partial charge in [-0.15, -0.1) is 0 Å². The molecule has 23 heavy (non-hydrogen) atoms. The molecule has 1 aliphatic rings. The number of nitrogens with zero attached hydrogens (tertiary/aromatic N) is 4. The number of hydrogen-bond acceptors (Lipinski definition) is 7. The molecule has 3 rings (SSSR count). The topological polar surface area (TPSA) is 86.2 Å². The zero-order chi connectivity index (χ0) is 16.7. The Balaban J connectivity index is 2.04. The third kappa shape index (κ3) is 2.91. The lowest BCUT2D eigenvalue weighted by Gasteiger charge is -2.17. The zero-order valence-electron chi connectivity index (χ0n) is 13.7. The molecule has 0 aliphatic carbocycles. The summed E-state index contributed by atoms with van der Waals surface area (Å²) < 4.78 is 0. The van der Waals surface area contributed by atoms with E-state index in [1.807, 2.05) is 20.9 Å². The van der Waals surface area contributed by atoms with Gasteiger partial charge in [-0.1, -0.05) is 11.6 Å². The third-order valence-corrected chi connectivity index (χ3v) is 4.77. The summed E-state index contributed by atoms with van der Waals surface area (Å²) in [5.41, 5.74) is 2.24. The smallest absolute Gasteiger partial charge is 0.227 e. The van der Waals surface area contributed by atoms with Gasteiger partial charge in [-0.25, -0.2) is 4.98 Å². The van der Waals surface area contributed by atoms with Gasteiger partial charge in [-0.3, -0.25) is 0 Å². The molecule has 0 aromatic carbocycles. The van der Waals surface area contributed by atoms with Crippen LogP contribution in [0.2, 0.25) is 5.02 Å². The fourth-order valence-corrected chi connectivity index (χ4v) is 3.13. The van der Waals surface area contributed by atoms with Crippen molar-refractivity contribution in [2.24, 2.45) is 0 Å². The van der Waals surface area contributed by atoms with Gasteiger partial charge in [0.25, 0.3) is 0 Å². The largest absolute Gasteiger partial charge is 0.390 e.